The summed E-state index contributed by atoms with van der Waals surface area (Å²) in [5.41, 5.74) is 6.92. The smallest absolute Gasteiger partial charge is 0.252 e. The molecule has 0 aliphatic rings. The van der Waals surface area contributed by atoms with Crippen LogP contribution >= 0.6 is 0 Å². The molecule has 0 saturated heterocycles. The second kappa shape index (κ2) is 6.41. The highest BCUT2D eigenvalue weighted by Gasteiger charge is 2.17. The molecule has 0 aliphatic carbocycles. The summed E-state index contributed by atoms with van der Waals surface area (Å²) in [5, 5.41) is 13.5. The monoisotopic (exact) mass is 385 g/mol. The Balaban J connectivity index is 1.75. The molecule has 3 heterocycles. The lowest BCUT2D eigenvalue weighted by molar-refractivity contribution is 0.315. The standard InChI is InChI=1S/C22H19N5O2/c1-13-4-7-17(8-5-13)27-22-21(15(3)23-27)14(2)10-20(28)26(22)12-16-6-9-18-19(11-16)25-29-24-18/h4-11H,12H2,1-3H3. The Morgan fingerprint density at radius 2 is 1.69 bits per heavy atom. The van der Waals surface area contributed by atoms with Crippen LogP contribution in [0.1, 0.15) is 22.4 Å². The molecule has 0 bridgehead atoms. The molecule has 7 nitrogen and oxygen atoms in total. The van der Waals surface area contributed by atoms with Crippen LogP contribution < -0.4 is 5.56 Å². The minimum Gasteiger partial charge on any atom is -0.288 e. The number of benzene rings is 2. The van der Waals surface area contributed by atoms with Crippen LogP contribution in [0.3, 0.4) is 0 Å². The van der Waals surface area contributed by atoms with Gasteiger partial charge in [-0.15, -0.1) is 0 Å². The summed E-state index contributed by atoms with van der Waals surface area (Å²) >= 11 is 0. The van der Waals surface area contributed by atoms with E-state index in [9.17, 15) is 4.79 Å². The van der Waals surface area contributed by atoms with E-state index < -0.39 is 0 Å². The van der Waals surface area contributed by atoms with Crippen LogP contribution in [0.25, 0.3) is 27.8 Å². The molecule has 2 aromatic carbocycles. The highest BCUT2D eigenvalue weighted by Crippen LogP contribution is 2.25. The van der Waals surface area contributed by atoms with Crippen LogP contribution in [-0.4, -0.2) is 24.7 Å². The van der Waals surface area contributed by atoms with Gasteiger partial charge in [-0.1, -0.05) is 23.8 Å². The van der Waals surface area contributed by atoms with E-state index >= 15 is 0 Å². The van der Waals surface area contributed by atoms with E-state index in [2.05, 4.69) is 10.3 Å². The molecule has 0 amide bonds. The van der Waals surface area contributed by atoms with Gasteiger partial charge in [0.15, 0.2) is 0 Å². The summed E-state index contributed by atoms with van der Waals surface area (Å²) in [4.78, 5) is 13.0. The number of rotatable bonds is 3. The van der Waals surface area contributed by atoms with Crippen molar-refractivity contribution >= 4 is 22.1 Å². The molecule has 0 unspecified atom stereocenters. The SMILES string of the molecule is Cc1ccc(-n2nc(C)c3c(C)cc(=O)n(Cc4ccc5nonc5c4)c32)cc1. The van der Waals surface area contributed by atoms with Crippen molar-refractivity contribution in [2.24, 2.45) is 0 Å². The van der Waals surface area contributed by atoms with Crippen molar-refractivity contribution in [1.29, 1.82) is 0 Å². The van der Waals surface area contributed by atoms with Gasteiger partial charge < -0.3 is 0 Å². The summed E-state index contributed by atoms with van der Waals surface area (Å²) < 4.78 is 8.40. The Labute approximate surface area is 166 Å². The molecule has 0 fully saturated rings. The average Bonchev–Trinajstić information content (AvgIpc) is 3.30. The van der Waals surface area contributed by atoms with Crippen LogP contribution in [0.5, 0.6) is 0 Å². The zero-order chi connectivity index (χ0) is 20.1. The molecule has 5 rings (SSSR count). The summed E-state index contributed by atoms with van der Waals surface area (Å²) in [7, 11) is 0. The first-order valence-electron chi connectivity index (χ1n) is 9.39. The molecule has 0 radical (unpaired) electrons. The number of hydrogen-bond acceptors (Lipinski definition) is 5. The lowest BCUT2D eigenvalue weighted by atomic mass is 10.1. The summed E-state index contributed by atoms with van der Waals surface area (Å²) in [6, 6.07) is 15.5. The first-order chi connectivity index (χ1) is 14.0. The van der Waals surface area contributed by atoms with Crippen molar-refractivity contribution in [2.45, 2.75) is 27.3 Å². The Morgan fingerprint density at radius 3 is 2.48 bits per heavy atom. The summed E-state index contributed by atoms with van der Waals surface area (Å²) in [5.74, 6) is 0. The Hall–Kier alpha value is -3.74. The first kappa shape index (κ1) is 17.4. The van der Waals surface area contributed by atoms with Crippen molar-refractivity contribution in [3.05, 3.63) is 81.3 Å². The average molecular weight is 385 g/mol. The zero-order valence-electron chi connectivity index (χ0n) is 16.4. The number of pyridine rings is 1. The van der Waals surface area contributed by atoms with Crippen molar-refractivity contribution in [3.63, 3.8) is 0 Å². The van der Waals surface area contributed by atoms with Crippen molar-refractivity contribution in [1.82, 2.24) is 24.7 Å². The highest BCUT2D eigenvalue weighted by molar-refractivity contribution is 5.84. The molecule has 0 saturated carbocycles. The van der Waals surface area contributed by atoms with E-state index in [1.807, 2.05) is 67.9 Å². The van der Waals surface area contributed by atoms with E-state index in [0.717, 1.165) is 33.5 Å². The minimum absolute atomic E-state index is 0.0679. The van der Waals surface area contributed by atoms with Crippen molar-refractivity contribution in [3.8, 4) is 5.69 Å². The molecule has 0 aliphatic heterocycles. The van der Waals surface area contributed by atoms with Gasteiger partial charge >= 0.3 is 0 Å². The first-order valence-corrected chi connectivity index (χ1v) is 9.39. The number of nitrogens with zero attached hydrogens (tertiary/aromatic N) is 5. The van der Waals surface area contributed by atoms with Crippen LogP contribution in [0.15, 0.2) is 58.0 Å². The molecule has 144 valence electrons. The number of hydrogen-bond donors (Lipinski definition) is 0. The van der Waals surface area contributed by atoms with E-state index in [1.54, 1.807) is 10.6 Å². The van der Waals surface area contributed by atoms with E-state index in [-0.39, 0.29) is 5.56 Å². The molecular weight excluding hydrogens is 366 g/mol. The maximum Gasteiger partial charge on any atom is 0.252 e. The maximum absolute atomic E-state index is 13.0. The Kier molecular flexibility index (Phi) is 3.84. The summed E-state index contributed by atoms with van der Waals surface area (Å²) in [6.45, 7) is 6.37. The predicted molar refractivity (Wildman–Crippen MR) is 110 cm³/mol. The molecule has 29 heavy (non-hydrogen) atoms. The van der Waals surface area contributed by atoms with Gasteiger partial charge in [-0.05, 0) is 66.5 Å². The van der Waals surface area contributed by atoms with Crippen LogP contribution in [0.4, 0.5) is 0 Å². The van der Waals surface area contributed by atoms with Crippen molar-refractivity contribution < 1.29 is 4.63 Å². The normalized spacial score (nSPS) is 11.6. The lowest BCUT2D eigenvalue weighted by Gasteiger charge is -2.12. The highest BCUT2D eigenvalue weighted by atomic mass is 16.6. The fourth-order valence-corrected chi connectivity index (χ4v) is 3.79. The third kappa shape index (κ3) is 2.82. The second-order valence-corrected chi connectivity index (χ2v) is 7.37. The third-order valence-corrected chi connectivity index (χ3v) is 5.23. The Morgan fingerprint density at radius 1 is 0.931 bits per heavy atom. The predicted octanol–water partition coefficient (Wildman–Crippen LogP) is 3.70. The van der Waals surface area contributed by atoms with Gasteiger partial charge in [0.25, 0.3) is 5.56 Å². The minimum atomic E-state index is -0.0679. The molecule has 0 N–H and O–H groups in total. The zero-order valence-corrected chi connectivity index (χ0v) is 16.4. The number of fused-ring (bicyclic) bond motifs is 2. The quantitative estimate of drug-likeness (QED) is 0.473. The molecular formula is C22H19N5O2. The fraction of sp³-hybridized carbons (Fsp3) is 0.182. The summed E-state index contributed by atoms with van der Waals surface area (Å²) in [6.07, 6.45) is 0. The Bertz CT molecular complexity index is 1420. The van der Waals surface area contributed by atoms with E-state index in [4.69, 9.17) is 9.73 Å². The van der Waals surface area contributed by atoms with Gasteiger partial charge in [0, 0.05) is 11.5 Å². The van der Waals surface area contributed by atoms with Gasteiger partial charge in [0.1, 0.15) is 16.7 Å². The van der Waals surface area contributed by atoms with Gasteiger partial charge in [0.2, 0.25) is 0 Å². The van der Waals surface area contributed by atoms with Gasteiger partial charge in [-0.3, -0.25) is 9.36 Å². The van der Waals surface area contributed by atoms with Crippen molar-refractivity contribution in [2.75, 3.05) is 0 Å². The lowest BCUT2D eigenvalue weighted by Crippen LogP contribution is -2.22. The van der Waals surface area contributed by atoms with Gasteiger partial charge in [-0.2, -0.15) is 5.10 Å². The van der Waals surface area contributed by atoms with E-state index in [1.165, 1.54) is 5.56 Å². The number of aromatic nitrogens is 5. The van der Waals surface area contributed by atoms with Crippen LogP contribution in [-0.2, 0) is 6.54 Å². The molecule has 3 aromatic heterocycles. The van der Waals surface area contributed by atoms with E-state index in [0.29, 0.717) is 17.6 Å². The number of aryl methyl sites for hydroxylation is 3. The second-order valence-electron chi connectivity index (χ2n) is 7.37. The van der Waals surface area contributed by atoms with Crippen LogP contribution in [0, 0.1) is 20.8 Å². The topological polar surface area (TPSA) is 78.7 Å². The van der Waals surface area contributed by atoms with Gasteiger partial charge in [-0.25, -0.2) is 9.31 Å². The molecule has 5 aromatic rings. The molecule has 7 heteroatoms. The maximum atomic E-state index is 13.0. The fourth-order valence-electron chi connectivity index (χ4n) is 3.79. The largest absolute Gasteiger partial charge is 0.288 e. The van der Waals surface area contributed by atoms with Gasteiger partial charge in [0.05, 0.1) is 17.9 Å². The van der Waals surface area contributed by atoms with Crippen LogP contribution in [0.2, 0.25) is 0 Å². The third-order valence-electron chi connectivity index (χ3n) is 5.23. The molecule has 0 spiro atoms. The molecule has 0 atom stereocenters.